The molecule has 2 heterocycles. The number of methoxy groups -OCH3 is 1. The number of carboxylic acids is 1. The number of pyridine rings is 1. The number of ether oxygens (including phenoxy) is 3. The van der Waals surface area contributed by atoms with E-state index in [0.29, 0.717) is 66.9 Å². The van der Waals surface area contributed by atoms with E-state index in [9.17, 15) is 31.9 Å². The number of hydrogen-bond donors (Lipinski definition) is 1. The summed E-state index contributed by atoms with van der Waals surface area (Å²) in [7, 11) is 1.46. The first-order chi connectivity index (χ1) is 20.4. The van der Waals surface area contributed by atoms with Crippen LogP contribution in [-0.4, -0.2) is 51.5 Å². The van der Waals surface area contributed by atoms with Gasteiger partial charge in [0.05, 0.1) is 30.8 Å². The second-order valence-electron chi connectivity index (χ2n) is 10.8. The van der Waals surface area contributed by atoms with Crippen molar-refractivity contribution in [2.24, 2.45) is 5.92 Å². The highest BCUT2D eigenvalue weighted by atomic mass is 19.4. The van der Waals surface area contributed by atoms with Crippen LogP contribution < -0.4 is 14.2 Å². The van der Waals surface area contributed by atoms with Crippen molar-refractivity contribution in [2.45, 2.75) is 75.2 Å². The molecule has 13 heteroatoms. The monoisotopic (exact) mass is 607 g/mol. The van der Waals surface area contributed by atoms with Gasteiger partial charge in [0.2, 0.25) is 5.88 Å². The van der Waals surface area contributed by atoms with E-state index >= 15 is 0 Å². The van der Waals surface area contributed by atoms with Crippen LogP contribution in [-0.2, 0) is 10.7 Å². The molecule has 0 spiro atoms. The molecule has 2 saturated carbocycles. The molecule has 0 radical (unpaired) electrons. The quantitative estimate of drug-likeness (QED) is 0.234. The van der Waals surface area contributed by atoms with Gasteiger partial charge in [-0.3, -0.25) is 4.79 Å². The van der Waals surface area contributed by atoms with Crippen molar-refractivity contribution >= 4 is 5.97 Å². The van der Waals surface area contributed by atoms with Crippen LogP contribution in [0.2, 0.25) is 0 Å². The van der Waals surface area contributed by atoms with Crippen molar-refractivity contribution in [1.29, 1.82) is 0 Å². The SMILES string of the molecule is COc1ccc(-c2ncc(C(F)(F)C(F)(F)F)cn2)c(OC2CCC(Oc3cc(C(CC(=O)O)C4CC4)ccn3)CC2)c1. The molecule has 2 aromatic heterocycles. The summed E-state index contributed by atoms with van der Waals surface area (Å²) < 4.78 is 83.3. The van der Waals surface area contributed by atoms with Gasteiger partial charge < -0.3 is 19.3 Å². The van der Waals surface area contributed by atoms with Crippen LogP contribution in [0.5, 0.6) is 17.4 Å². The Morgan fingerprint density at radius 2 is 1.58 bits per heavy atom. The Labute approximate surface area is 244 Å². The van der Waals surface area contributed by atoms with Gasteiger partial charge in [0, 0.05) is 30.7 Å². The number of aromatic nitrogens is 3. The zero-order valence-electron chi connectivity index (χ0n) is 23.2. The predicted octanol–water partition coefficient (Wildman–Crippen LogP) is 6.94. The second-order valence-corrected chi connectivity index (χ2v) is 10.8. The molecule has 2 aliphatic rings. The molecule has 2 fully saturated rings. The Hall–Kier alpha value is -4.03. The molecule has 0 aliphatic heterocycles. The summed E-state index contributed by atoms with van der Waals surface area (Å²) in [5.74, 6) is -4.48. The standard InChI is InChI=1S/C30H30F5N3O5/c1-41-22-8-9-23(28-37-15-19(16-38-28)29(31,32)30(33,34)35)25(13-22)42-20-4-6-21(7-5-20)43-26-12-18(10-11-36-26)24(14-27(39)40)17-2-3-17/h8-13,15-17,20-21,24H,2-7,14H2,1H3,(H,39,40). The first kappa shape index (κ1) is 30.4. The summed E-state index contributed by atoms with van der Waals surface area (Å²) in [6, 6.07) is 8.39. The van der Waals surface area contributed by atoms with Crippen molar-refractivity contribution in [3.63, 3.8) is 0 Å². The van der Waals surface area contributed by atoms with Crippen molar-refractivity contribution < 1.29 is 46.1 Å². The number of halogens is 5. The fourth-order valence-electron chi connectivity index (χ4n) is 5.29. The van der Waals surface area contributed by atoms with Crippen LogP contribution >= 0.6 is 0 Å². The molecule has 43 heavy (non-hydrogen) atoms. The molecule has 1 atom stereocenters. The molecular formula is C30H30F5N3O5. The van der Waals surface area contributed by atoms with Gasteiger partial charge in [0.1, 0.15) is 17.6 Å². The number of nitrogens with zero attached hydrogens (tertiary/aromatic N) is 3. The minimum absolute atomic E-state index is 0.0645. The normalized spacial score (nSPS) is 19.9. The van der Waals surface area contributed by atoms with Gasteiger partial charge in [-0.1, -0.05) is 0 Å². The molecule has 1 aromatic carbocycles. The fraction of sp³-hybridized carbons (Fsp3) is 0.467. The van der Waals surface area contributed by atoms with Crippen LogP contribution in [0.4, 0.5) is 22.0 Å². The Morgan fingerprint density at radius 1 is 0.930 bits per heavy atom. The smallest absolute Gasteiger partial charge is 0.458 e. The number of carboxylic acid groups (broad SMARTS) is 1. The number of aliphatic carboxylic acids is 1. The third-order valence-corrected chi connectivity index (χ3v) is 7.78. The molecule has 0 amide bonds. The third kappa shape index (κ3) is 7.14. The van der Waals surface area contributed by atoms with E-state index in [1.165, 1.54) is 7.11 Å². The largest absolute Gasteiger partial charge is 0.497 e. The van der Waals surface area contributed by atoms with E-state index < -0.39 is 23.6 Å². The second kappa shape index (κ2) is 12.3. The van der Waals surface area contributed by atoms with Crippen molar-refractivity contribution in [3.05, 3.63) is 60.0 Å². The zero-order valence-corrected chi connectivity index (χ0v) is 23.2. The van der Waals surface area contributed by atoms with Gasteiger partial charge in [-0.25, -0.2) is 15.0 Å². The highest BCUT2D eigenvalue weighted by Gasteiger charge is 2.59. The summed E-state index contributed by atoms with van der Waals surface area (Å²) in [6.07, 6.45) is 1.04. The predicted molar refractivity (Wildman–Crippen MR) is 143 cm³/mol. The Morgan fingerprint density at radius 3 is 2.16 bits per heavy atom. The average molecular weight is 608 g/mol. The van der Waals surface area contributed by atoms with Crippen LogP contribution in [0.25, 0.3) is 11.4 Å². The lowest BCUT2D eigenvalue weighted by Crippen LogP contribution is -2.33. The van der Waals surface area contributed by atoms with Crippen LogP contribution in [0.1, 0.15) is 62.0 Å². The van der Waals surface area contributed by atoms with Gasteiger partial charge >= 0.3 is 18.1 Å². The molecule has 1 N–H and O–H groups in total. The summed E-state index contributed by atoms with van der Waals surface area (Å²) >= 11 is 0. The lowest BCUT2D eigenvalue weighted by Gasteiger charge is -2.30. The van der Waals surface area contributed by atoms with Gasteiger partial charge in [-0.15, -0.1) is 0 Å². The molecule has 8 nitrogen and oxygen atoms in total. The van der Waals surface area contributed by atoms with Gasteiger partial charge in [0.25, 0.3) is 0 Å². The molecule has 230 valence electrons. The minimum Gasteiger partial charge on any atom is -0.497 e. The van der Waals surface area contributed by atoms with Gasteiger partial charge in [-0.05, 0) is 74.1 Å². The summed E-state index contributed by atoms with van der Waals surface area (Å²) in [5, 5.41) is 9.32. The summed E-state index contributed by atoms with van der Waals surface area (Å²) in [5.41, 5.74) is -0.133. The maximum Gasteiger partial charge on any atom is 0.458 e. The maximum atomic E-state index is 13.7. The first-order valence-corrected chi connectivity index (χ1v) is 13.9. The summed E-state index contributed by atoms with van der Waals surface area (Å²) in [6.45, 7) is 0. The van der Waals surface area contributed by atoms with E-state index in [2.05, 4.69) is 15.0 Å². The highest BCUT2D eigenvalue weighted by molar-refractivity contribution is 5.68. The topological polar surface area (TPSA) is 104 Å². The lowest BCUT2D eigenvalue weighted by atomic mass is 9.91. The number of rotatable bonds is 11. The fourth-order valence-corrected chi connectivity index (χ4v) is 5.29. The number of hydrogen-bond acceptors (Lipinski definition) is 7. The summed E-state index contributed by atoms with van der Waals surface area (Å²) in [4.78, 5) is 23.2. The maximum absolute atomic E-state index is 13.7. The first-order valence-electron chi connectivity index (χ1n) is 13.9. The highest BCUT2D eigenvalue weighted by Crippen LogP contribution is 2.45. The van der Waals surface area contributed by atoms with E-state index in [1.54, 1.807) is 24.4 Å². The van der Waals surface area contributed by atoms with Crippen LogP contribution in [0, 0.1) is 5.92 Å². The Bertz CT molecular complexity index is 1420. The molecule has 1 unspecified atom stereocenters. The van der Waals surface area contributed by atoms with Crippen LogP contribution in [0.3, 0.4) is 0 Å². The van der Waals surface area contributed by atoms with E-state index in [4.69, 9.17) is 14.2 Å². The van der Waals surface area contributed by atoms with E-state index in [1.807, 2.05) is 12.1 Å². The molecular weight excluding hydrogens is 577 g/mol. The van der Waals surface area contributed by atoms with Crippen molar-refractivity contribution in [3.8, 4) is 28.8 Å². The van der Waals surface area contributed by atoms with Crippen molar-refractivity contribution in [1.82, 2.24) is 15.0 Å². The number of carbonyl (C=O) groups is 1. The third-order valence-electron chi connectivity index (χ3n) is 7.78. The zero-order chi connectivity index (χ0) is 30.8. The molecule has 2 aliphatic carbocycles. The molecule has 0 saturated heterocycles. The van der Waals surface area contributed by atoms with Gasteiger partial charge in [-0.2, -0.15) is 22.0 Å². The van der Waals surface area contributed by atoms with Crippen molar-refractivity contribution in [2.75, 3.05) is 7.11 Å². The Kier molecular flexibility index (Phi) is 8.70. The molecule has 3 aromatic rings. The lowest BCUT2D eigenvalue weighted by molar-refractivity contribution is -0.289. The Balaban J connectivity index is 1.24. The van der Waals surface area contributed by atoms with Crippen LogP contribution in [0.15, 0.2) is 48.9 Å². The van der Waals surface area contributed by atoms with Gasteiger partial charge in [0.15, 0.2) is 5.82 Å². The van der Waals surface area contributed by atoms with E-state index in [0.717, 1.165) is 18.4 Å². The minimum atomic E-state index is -5.77. The number of alkyl halides is 5. The average Bonchev–Trinajstić information content (AvgIpc) is 3.82. The molecule has 5 rings (SSSR count). The molecule has 0 bridgehead atoms. The van der Waals surface area contributed by atoms with E-state index in [-0.39, 0.29) is 30.4 Å². The number of benzene rings is 1.